The summed E-state index contributed by atoms with van der Waals surface area (Å²) >= 11 is 1.28. The summed E-state index contributed by atoms with van der Waals surface area (Å²) in [5.41, 5.74) is 0.654. The van der Waals surface area contributed by atoms with Crippen LogP contribution in [0.3, 0.4) is 0 Å². The van der Waals surface area contributed by atoms with Crippen LogP contribution in [0.5, 0.6) is 0 Å². The highest BCUT2D eigenvalue weighted by molar-refractivity contribution is 7.99. The minimum absolute atomic E-state index is 0.444. The number of aromatic amines is 1. The average molecular weight is 300 g/mol. The Morgan fingerprint density at radius 2 is 2.24 bits per heavy atom. The van der Waals surface area contributed by atoms with E-state index in [1.165, 1.54) is 22.8 Å². The van der Waals surface area contributed by atoms with Crippen molar-refractivity contribution >= 4 is 22.8 Å². The summed E-state index contributed by atoms with van der Waals surface area (Å²) in [6.07, 6.45) is 4.66. The lowest BCUT2D eigenvalue weighted by Crippen LogP contribution is -2.11. The van der Waals surface area contributed by atoms with Gasteiger partial charge >= 0.3 is 0 Å². The Labute approximate surface area is 121 Å². The first kappa shape index (κ1) is 11.9. The van der Waals surface area contributed by atoms with Crippen LogP contribution in [0.1, 0.15) is 0 Å². The van der Waals surface area contributed by atoms with Gasteiger partial charge in [0.1, 0.15) is 11.4 Å². The predicted molar refractivity (Wildman–Crippen MR) is 73.7 cm³/mol. The highest BCUT2D eigenvalue weighted by atomic mass is 32.2. The molecule has 3 N–H and O–H groups in total. The van der Waals surface area contributed by atoms with Crippen molar-refractivity contribution in [2.75, 3.05) is 5.84 Å². The van der Waals surface area contributed by atoms with Crippen LogP contribution in [0.15, 0.2) is 45.5 Å². The first-order chi connectivity index (χ1) is 10.3. The van der Waals surface area contributed by atoms with Crippen molar-refractivity contribution in [2.45, 2.75) is 10.2 Å². The van der Waals surface area contributed by atoms with Crippen LogP contribution in [0.25, 0.3) is 22.6 Å². The number of furan rings is 1. The maximum absolute atomic E-state index is 6.01. The molecule has 4 aromatic heterocycles. The van der Waals surface area contributed by atoms with Gasteiger partial charge in [0, 0.05) is 0 Å². The summed E-state index contributed by atoms with van der Waals surface area (Å²) in [5.74, 6) is 7.00. The number of rotatable bonds is 3. The van der Waals surface area contributed by atoms with E-state index in [-0.39, 0.29) is 0 Å². The minimum atomic E-state index is 0.444. The first-order valence-corrected chi connectivity index (χ1v) is 6.71. The zero-order chi connectivity index (χ0) is 14.2. The molecule has 0 saturated carbocycles. The third-order valence-corrected chi connectivity index (χ3v) is 3.79. The van der Waals surface area contributed by atoms with Crippen molar-refractivity contribution in [2.24, 2.45) is 0 Å². The van der Waals surface area contributed by atoms with Gasteiger partial charge in [0.25, 0.3) is 0 Å². The lowest BCUT2D eigenvalue weighted by atomic mass is 10.4. The normalized spacial score (nSPS) is 11.2. The number of hydrogen-bond donors (Lipinski definition) is 2. The molecule has 0 fully saturated rings. The summed E-state index contributed by atoms with van der Waals surface area (Å²) in [6, 6.07) is 3.52. The highest BCUT2D eigenvalue weighted by Gasteiger charge is 2.17. The number of fused-ring (bicyclic) bond motifs is 1. The summed E-state index contributed by atoms with van der Waals surface area (Å²) in [4.78, 5) is 8.30. The van der Waals surface area contributed by atoms with E-state index < -0.39 is 0 Å². The van der Waals surface area contributed by atoms with Crippen LogP contribution in [0.2, 0.25) is 0 Å². The smallest absolute Gasteiger partial charge is 0.218 e. The standard InChI is InChI=1S/C11H8N8OS/c12-19-9(7-2-1-3-20-7)17-18-11(19)21-10-6-4-15-16-8(6)13-5-14-10/h1-5H,12H2,(H,13,14,15,16). The zero-order valence-electron chi connectivity index (χ0n) is 10.5. The fourth-order valence-electron chi connectivity index (χ4n) is 1.83. The van der Waals surface area contributed by atoms with Crippen molar-refractivity contribution in [1.82, 2.24) is 35.0 Å². The molecule has 0 aliphatic heterocycles. The second-order valence-electron chi connectivity index (χ2n) is 4.07. The second-order valence-corrected chi connectivity index (χ2v) is 5.02. The van der Waals surface area contributed by atoms with Gasteiger partial charge in [-0.1, -0.05) is 0 Å². The van der Waals surface area contributed by atoms with Gasteiger partial charge in [-0.2, -0.15) is 5.10 Å². The molecule has 0 aliphatic carbocycles. The third-order valence-electron chi connectivity index (χ3n) is 2.81. The number of nitrogen functional groups attached to an aromatic ring is 1. The molecule has 0 bridgehead atoms. The average Bonchev–Trinajstić information content (AvgIpc) is 3.21. The Kier molecular flexibility index (Phi) is 2.60. The molecule has 4 heterocycles. The molecule has 0 radical (unpaired) electrons. The van der Waals surface area contributed by atoms with Gasteiger partial charge < -0.3 is 10.3 Å². The van der Waals surface area contributed by atoms with Gasteiger partial charge in [-0.05, 0) is 23.9 Å². The van der Waals surface area contributed by atoms with Crippen LogP contribution in [0.4, 0.5) is 0 Å². The lowest BCUT2D eigenvalue weighted by molar-refractivity contribution is 0.574. The Morgan fingerprint density at radius 3 is 3.10 bits per heavy atom. The Morgan fingerprint density at radius 1 is 1.29 bits per heavy atom. The second kappa shape index (κ2) is 4.59. The fourth-order valence-corrected chi connectivity index (χ4v) is 2.63. The van der Waals surface area contributed by atoms with E-state index in [1.54, 1.807) is 24.6 Å². The highest BCUT2D eigenvalue weighted by Crippen LogP contribution is 2.30. The minimum Gasteiger partial charge on any atom is -0.461 e. The molecule has 0 aliphatic rings. The van der Waals surface area contributed by atoms with E-state index in [0.717, 1.165) is 5.39 Å². The zero-order valence-corrected chi connectivity index (χ0v) is 11.3. The van der Waals surface area contributed by atoms with Gasteiger partial charge in [0.05, 0.1) is 17.8 Å². The number of H-pyrrole nitrogens is 1. The lowest BCUT2D eigenvalue weighted by Gasteiger charge is -2.01. The van der Waals surface area contributed by atoms with E-state index in [1.807, 2.05) is 0 Å². The van der Waals surface area contributed by atoms with E-state index >= 15 is 0 Å². The number of nitrogens with two attached hydrogens (primary N) is 1. The van der Waals surface area contributed by atoms with Gasteiger partial charge in [-0.25, -0.2) is 14.6 Å². The van der Waals surface area contributed by atoms with Crippen molar-refractivity contribution in [1.29, 1.82) is 0 Å². The molecule has 0 amide bonds. The van der Waals surface area contributed by atoms with Crippen LogP contribution < -0.4 is 5.84 Å². The molecule has 0 unspecified atom stereocenters. The van der Waals surface area contributed by atoms with Crippen LogP contribution in [-0.4, -0.2) is 35.0 Å². The van der Waals surface area contributed by atoms with E-state index in [4.69, 9.17) is 10.3 Å². The Balaban J connectivity index is 1.74. The summed E-state index contributed by atoms with van der Waals surface area (Å²) in [7, 11) is 0. The molecule has 0 atom stereocenters. The molecule has 9 nitrogen and oxygen atoms in total. The Hall–Kier alpha value is -2.88. The summed E-state index contributed by atoms with van der Waals surface area (Å²) in [5, 5.41) is 16.8. The van der Waals surface area contributed by atoms with Crippen molar-refractivity contribution in [3.8, 4) is 11.6 Å². The van der Waals surface area contributed by atoms with E-state index in [9.17, 15) is 0 Å². The topological polar surface area (TPSA) is 124 Å². The molecule has 10 heteroatoms. The molecule has 0 spiro atoms. The number of aromatic nitrogens is 7. The molecule has 0 saturated heterocycles. The van der Waals surface area contributed by atoms with Gasteiger partial charge in [-0.3, -0.25) is 5.10 Å². The van der Waals surface area contributed by atoms with Crippen molar-refractivity contribution < 1.29 is 4.42 Å². The first-order valence-electron chi connectivity index (χ1n) is 5.89. The molecular weight excluding hydrogens is 292 g/mol. The summed E-state index contributed by atoms with van der Waals surface area (Å²) < 4.78 is 6.63. The van der Waals surface area contributed by atoms with Gasteiger partial charge in [-0.15, -0.1) is 10.2 Å². The molecule has 4 rings (SSSR count). The molecular formula is C11H8N8OS. The maximum Gasteiger partial charge on any atom is 0.218 e. The summed E-state index contributed by atoms with van der Waals surface area (Å²) in [6.45, 7) is 0. The predicted octanol–water partition coefficient (Wildman–Crippen LogP) is 1.07. The monoisotopic (exact) mass is 300 g/mol. The van der Waals surface area contributed by atoms with Gasteiger partial charge in [0.2, 0.25) is 11.0 Å². The largest absolute Gasteiger partial charge is 0.461 e. The van der Waals surface area contributed by atoms with Crippen molar-refractivity contribution in [3.05, 3.63) is 30.9 Å². The fraction of sp³-hybridized carbons (Fsp3) is 0. The van der Waals surface area contributed by atoms with Crippen molar-refractivity contribution in [3.63, 3.8) is 0 Å². The van der Waals surface area contributed by atoms with Gasteiger partial charge in [0.15, 0.2) is 11.4 Å². The number of hydrogen-bond acceptors (Lipinski definition) is 8. The Bertz CT molecular complexity index is 896. The third kappa shape index (κ3) is 1.92. The molecule has 4 aromatic rings. The molecule has 21 heavy (non-hydrogen) atoms. The quantitative estimate of drug-likeness (QED) is 0.425. The number of nitrogens with zero attached hydrogens (tertiary/aromatic N) is 6. The SMILES string of the molecule is Nn1c(Sc2ncnc3[nH]ncc23)nnc1-c1ccco1. The number of nitrogens with one attached hydrogen (secondary N) is 1. The van der Waals surface area contributed by atoms with Crippen LogP contribution >= 0.6 is 11.8 Å². The molecule has 104 valence electrons. The van der Waals surface area contributed by atoms with Crippen LogP contribution in [-0.2, 0) is 0 Å². The van der Waals surface area contributed by atoms with Crippen LogP contribution in [0, 0.1) is 0 Å². The molecule has 0 aromatic carbocycles. The van der Waals surface area contributed by atoms with E-state index in [0.29, 0.717) is 27.4 Å². The maximum atomic E-state index is 6.01. The van der Waals surface area contributed by atoms with E-state index in [2.05, 4.69) is 30.4 Å².